The number of aromatic nitrogens is 2. The zero-order chi connectivity index (χ0) is 40.2. The molecule has 0 saturated heterocycles. The maximum absolute atomic E-state index is 16.8. The Hall–Kier alpha value is -8.75. The number of benzene rings is 8. The summed E-state index contributed by atoms with van der Waals surface area (Å²) in [6.07, 6.45) is 0. The molecule has 0 aliphatic rings. The first-order valence-electron chi connectivity index (χ1n) is 18.8. The third-order valence-corrected chi connectivity index (χ3v) is 11.1. The van der Waals surface area contributed by atoms with Gasteiger partial charge in [0.25, 0.3) is 0 Å². The molecule has 6 nitrogen and oxygen atoms in total. The highest BCUT2D eigenvalue weighted by Gasteiger charge is 2.25. The van der Waals surface area contributed by atoms with Crippen molar-refractivity contribution in [3.05, 3.63) is 198 Å². The average Bonchev–Trinajstić information content (AvgIpc) is 3.80. The first-order chi connectivity index (χ1) is 29.0. The molecule has 0 spiro atoms. The van der Waals surface area contributed by atoms with Crippen LogP contribution >= 0.6 is 0 Å². The highest BCUT2D eigenvalue weighted by Crippen LogP contribution is 2.44. The molecule has 2 aromatic heterocycles. The average molecular weight is 755 g/mol. The molecule has 0 saturated carbocycles. The Morgan fingerprint density at radius 1 is 0.441 bits per heavy atom. The lowest BCUT2D eigenvalue weighted by Crippen LogP contribution is -2.06. The normalized spacial score (nSPS) is 11.1. The van der Waals surface area contributed by atoms with Crippen molar-refractivity contribution < 1.29 is 4.39 Å². The van der Waals surface area contributed by atoms with Crippen molar-refractivity contribution in [1.82, 2.24) is 9.13 Å². The third kappa shape index (κ3) is 5.59. The lowest BCUT2D eigenvalue weighted by Gasteiger charge is -2.21. The number of para-hydroxylation sites is 2. The van der Waals surface area contributed by atoms with Crippen LogP contribution in [-0.4, -0.2) is 9.13 Å². The van der Waals surface area contributed by atoms with E-state index in [1.54, 1.807) is 36.4 Å². The molecule has 0 bridgehead atoms. The minimum Gasteiger partial charge on any atom is -0.308 e. The smallest absolute Gasteiger partial charge is 0.187 e. The quantitative estimate of drug-likeness (QED) is 0.164. The molecular formula is C52H27FN6. The number of nitriles is 3. The third-order valence-electron chi connectivity index (χ3n) is 11.1. The van der Waals surface area contributed by atoms with Gasteiger partial charge >= 0.3 is 0 Å². The summed E-state index contributed by atoms with van der Waals surface area (Å²) in [5.74, 6) is -0.573. The van der Waals surface area contributed by atoms with Crippen molar-refractivity contribution in [2.24, 2.45) is 0 Å². The zero-order valence-electron chi connectivity index (χ0n) is 31.1. The van der Waals surface area contributed by atoms with Crippen LogP contribution in [-0.2, 0) is 0 Å². The van der Waals surface area contributed by atoms with Gasteiger partial charge in [0.15, 0.2) is 5.69 Å². The Balaban J connectivity index is 1.35. The van der Waals surface area contributed by atoms with Crippen LogP contribution < -0.4 is 0 Å². The van der Waals surface area contributed by atoms with Crippen molar-refractivity contribution in [1.29, 1.82) is 15.8 Å². The molecule has 59 heavy (non-hydrogen) atoms. The number of fused-ring (bicyclic) bond motifs is 6. The number of hydrogen-bond donors (Lipinski definition) is 0. The van der Waals surface area contributed by atoms with Crippen LogP contribution in [0.2, 0.25) is 0 Å². The van der Waals surface area contributed by atoms with Gasteiger partial charge in [-0.05, 0) is 89.0 Å². The van der Waals surface area contributed by atoms with E-state index < -0.39 is 5.82 Å². The molecule has 0 aliphatic carbocycles. The van der Waals surface area contributed by atoms with Crippen LogP contribution in [0.3, 0.4) is 0 Å². The molecule has 10 rings (SSSR count). The van der Waals surface area contributed by atoms with Gasteiger partial charge in [-0.1, -0.05) is 97.1 Å². The Morgan fingerprint density at radius 3 is 1.39 bits per heavy atom. The standard InChI is InChI=1S/C52H27FN6/c1-57-39-19-15-36(16-20-39)38-18-23-43-41-7-3-5-9-47(41)59(49(43)28-38)51-26-34(31-56)25-50(52(51)44-21-12-33(30-55)24-45(44)53)58-46-8-4-2-6-40(46)42-22-17-37(27-48(42)58)35-13-10-32(29-54)11-14-35/h2-28H. The summed E-state index contributed by atoms with van der Waals surface area (Å²) < 4.78 is 21.0. The summed E-state index contributed by atoms with van der Waals surface area (Å²) >= 11 is 0. The predicted octanol–water partition coefficient (Wildman–Crippen LogP) is 13.2. The van der Waals surface area contributed by atoms with E-state index in [1.165, 1.54) is 6.07 Å². The van der Waals surface area contributed by atoms with E-state index >= 15 is 4.39 Å². The maximum atomic E-state index is 16.8. The monoisotopic (exact) mass is 754 g/mol. The molecule has 8 aromatic carbocycles. The second-order valence-electron chi connectivity index (χ2n) is 14.3. The second kappa shape index (κ2) is 13.8. The Labute approximate surface area is 338 Å². The van der Waals surface area contributed by atoms with Crippen LogP contribution in [0, 0.1) is 46.4 Å². The fourth-order valence-corrected chi connectivity index (χ4v) is 8.38. The van der Waals surface area contributed by atoms with Crippen LogP contribution in [0.4, 0.5) is 10.1 Å². The lowest BCUT2D eigenvalue weighted by atomic mass is 9.96. The first kappa shape index (κ1) is 34.7. The molecular weight excluding hydrogens is 728 g/mol. The molecule has 0 aliphatic heterocycles. The van der Waals surface area contributed by atoms with Gasteiger partial charge in [-0.3, -0.25) is 0 Å². The second-order valence-corrected chi connectivity index (χ2v) is 14.3. The topological polar surface area (TPSA) is 85.6 Å². The van der Waals surface area contributed by atoms with E-state index in [4.69, 9.17) is 6.57 Å². The molecule has 0 atom stereocenters. The molecule has 0 fully saturated rings. The van der Waals surface area contributed by atoms with E-state index in [0.29, 0.717) is 33.8 Å². The number of halogens is 1. The Morgan fingerprint density at radius 2 is 0.898 bits per heavy atom. The summed E-state index contributed by atoms with van der Waals surface area (Å²) in [7, 11) is 0. The van der Waals surface area contributed by atoms with Gasteiger partial charge in [0.2, 0.25) is 0 Å². The largest absolute Gasteiger partial charge is 0.308 e. The van der Waals surface area contributed by atoms with Gasteiger partial charge in [0, 0.05) is 32.7 Å². The molecule has 0 amide bonds. The predicted molar refractivity (Wildman–Crippen MR) is 232 cm³/mol. The summed E-state index contributed by atoms with van der Waals surface area (Å²) in [4.78, 5) is 3.56. The van der Waals surface area contributed by atoms with E-state index in [2.05, 4.69) is 80.7 Å². The Kier molecular flexibility index (Phi) is 8.10. The molecule has 0 unspecified atom stereocenters. The summed E-state index contributed by atoms with van der Waals surface area (Å²) in [5.41, 5.74) is 10.8. The van der Waals surface area contributed by atoms with Crippen molar-refractivity contribution in [3.63, 3.8) is 0 Å². The number of rotatable bonds is 5. The molecule has 10 aromatic rings. The number of hydrogen-bond acceptors (Lipinski definition) is 3. The van der Waals surface area contributed by atoms with E-state index in [-0.39, 0.29) is 11.1 Å². The molecule has 0 radical (unpaired) electrons. The molecule has 0 N–H and O–H groups in total. The van der Waals surface area contributed by atoms with Crippen molar-refractivity contribution in [2.75, 3.05) is 0 Å². The zero-order valence-corrected chi connectivity index (χ0v) is 31.1. The van der Waals surface area contributed by atoms with Gasteiger partial charge in [0.1, 0.15) is 5.82 Å². The molecule has 272 valence electrons. The van der Waals surface area contributed by atoms with Crippen molar-refractivity contribution in [2.45, 2.75) is 0 Å². The summed E-state index contributed by atoms with van der Waals surface area (Å²) in [6.45, 7) is 7.44. The van der Waals surface area contributed by atoms with Crippen molar-refractivity contribution in [3.8, 4) is 63.0 Å². The lowest BCUT2D eigenvalue weighted by molar-refractivity contribution is 0.630. The highest BCUT2D eigenvalue weighted by atomic mass is 19.1. The van der Waals surface area contributed by atoms with Gasteiger partial charge in [-0.25, -0.2) is 9.24 Å². The van der Waals surface area contributed by atoms with Crippen LogP contribution in [0.15, 0.2) is 164 Å². The van der Waals surface area contributed by atoms with Crippen LogP contribution in [0.5, 0.6) is 0 Å². The first-order valence-corrected chi connectivity index (χ1v) is 18.8. The fraction of sp³-hybridized carbons (Fsp3) is 0. The molecule has 7 heteroatoms. The van der Waals surface area contributed by atoms with Gasteiger partial charge in [-0.2, -0.15) is 15.8 Å². The van der Waals surface area contributed by atoms with E-state index in [1.807, 2.05) is 72.8 Å². The molecule has 2 heterocycles. The highest BCUT2D eigenvalue weighted by molar-refractivity contribution is 6.13. The van der Waals surface area contributed by atoms with E-state index in [0.717, 1.165) is 65.9 Å². The summed E-state index contributed by atoms with van der Waals surface area (Å²) in [5, 5.41) is 33.9. The van der Waals surface area contributed by atoms with Gasteiger partial charge < -0.3 is 9.13 Å². The SMILES string of the molecule is [C-]#[N+]c1ccc(-c2ccc3c4ccccc4n(-c4cc(C#N)cc(-n5c6ccccc6c6ccc(-c7ccc(C#N)cc7)cc65)c4-c4ccc(C#N)cc4F)c3c2)cc1. The van der Waals surface area contributed by atoms with Gasteiger partial charge in [0.05, 0.1) is 74.9 Å². The van der Waals surface area contributed by atoms with Crippen LogP contribution in [0.25, 0.3) is 93.2 Å². The minimum absolute atomic E-state index is 0.192. The fourth-order valence-electron chi connectivity index (χ4n) is 8.38. The van der Waals surface area contributed by atoms with E-state index in [9.17, 15) is 15.8 Å². The van der Waals surface area contributed by atoms with Crippen LogP contribution in [0.1, 0.15) is 16.7 Å². The van der Waals surface area contributed by atoms with Crippen molar-refractivity contribution >= 4 is 49.3 Å². The number of nitrogens with zero attached hydrogens (tertiary/aromatic N) is 6. The minimum atomic E-state index is -0.573. The summed E-state index contributed by atoms with van der Waals surface area (Å²) in [6, 6.07) is 58.3. The Bertz CT molecular complexity index is 3350. The van der Waals surface area contributed by atoms with Gasteiger partial charge in [-0.15, -0.1) is 0 Å². The maximum Gasteiger partial charge on any atom is 0.187 e.